The molecule has 0 saturated carbocycles. The van der Waals surface area contributed by atoms with Gasteiger partial charge in [0.1, 0.15) is 0 Å². The first-order chi connectivity index (χ1) is 11.3. The summed E-state index contributed by atoms with van der Waals surface area (Å²) in [4.78, 5) is 11.9. The van der Waals surface area contributed by atoms with Crippen molar-refractivity contribution < 1.29 is 19.4 Å². The number of carbonyl (C=O) groups excluding carboxylic acids is 1. The largest absolute Gasteiger partial charge is 0.493 e. The van der Waals surface area contributed by atoms with Crippen molar-refractivity contribution in [3.05, 3.63) is 22.7 Å². The summed E-state index contributed by atoms with van der Waals surface area (Å²) in [6.45, 7) is 7.02. The van der Waals surface area contributed by atoms with Gasteiger partial charge >= 0.3 is 0 Å². The minimum Gasteiger partial charge on any atom is -0.493 e. The molecule has 1 amide bonds. The number of hydrogen-bond donors (Lipinski definition) is 3. The van der Waals surface area contributed by atoms with Gasteiger partial charge in [-0.2, -0.15) is 0 Å². The van der Waals surface area contributed by atoms with Gasteiger partial charge in [0, 0.05) is 18.7 Å². The lowest BCUT2D eigenvalue weighted by atomic mass is 10.1. The molecule has 0 aromatic heterocycles. The fourth-order valence-electron chi connectivity index (χ4n) is 2.04. The van der Waals surface area contributed by atoms with E-state index in [0.29, 0.717) is 36.0 Å². The standard InChI is InChI=1S/C17H27ClN2O4/c1-17(2,3)20-15(22)11-24-16-13(18)8-12(9-14(16)23-4)10-19-6-5-7-21/h8-9,19,21H,5-7,10-11H2,1-4H3,(H,20,22). The van der Waals surface area contributed by atoms with Crippen molar-refractivity contribution in [2.75, 3.05) is 26.9 Å². The van der Waals surface area contributed by atoms with Crippen molar-refractivity contribution in [1.82, 2.24) is 10.6 Å². The number of ether oxygens (including phenoxy) is 2. The summed E-state index contributed by atoms with van der Waals surface area (Å²) in [5.41, 5.74) is 0.611. The Labute approximate surface area is 148 Å². The summed E-state index contributed by atoms with van der Waals surface area (Å²) >= 11 is 6.27. The maximum Gasteiger partial charge on any atom is 0.258 e. The molecule has 0 saturated heterocycles. The summed E-state index contributed by atoms with van der Waals surface area (Å²) in [5.74, 6) is 0.600. The number of hydrogen-bond acceptors (Lipinski definition) is 5. The van der Waals surface area contributed by atoms with Gasteiger partial charge in [-0.25, -0.2) is 0 Å². The first kappa shape index (κ1) is 20.5. The van der Waals surface area contributed by atoms with E-state index in [9.17, 15) is 4.79 Å². The van der Waals surface area contributed by atoms with Crippen molar-refractivity contribution in [3.8, 4) is 11.5 Å². The first-order valence-corrected chi connectivity index (χ1v) is 8.26. The molecule has 1 aromatic carbocycles. The van der Waals surface area contributed by atoms with Crippen LogP contribution in [0.15, 0.2) is 12.1 Å². The number of halogens is 1. The number of amides is 1. The highest BCUT2D eigenvalue weighted by Crippen LogP contribution is 2.36. The van der Waals surface area contributed by atoms with E-state index in [1.54, 1.807) is 6.07 Å². The lowest BCUT2D eigenvalue weighted by molar-refractivity contribution is -0.124. The van der Waals surface area contributed by atoms with E-state index >= 15 is 0 Å². The van der Waals surface area contributed by atoms with Gasteiger partial charge in [-0.05, 0) is 51.4 Å². The van der Waals surface area contributed by atoms with Gasteiger partial charge in [0.05, 0.1) is 12.1 Å². The van der Waals surface area contributed by atoms with Gasteiger partial charge in [-0.3, -0.25) is 4.79 Å². The third-order valence-corrected chi connectivity index (χ3v) is 3.27. The van der Waals surface area contributed by atoms with Crippen LogP contribution in [0.4, 0.5) is 0 Å². The van der Waals surface area contributed by atoms with Gasteiger partial charge in [0.2, 0.25) is 0 Å². The molecule has 1 rings (SSSR count). The lowest BCUT2D eigenvalue weighted by Gasteiger charge is -2.21. The Morgan fingerprint density at radius 1 is 1.33 bits per heavy atom. The number of carbonyl (C=O) groups is 1. The van der Waals surface area contributed by atoms with Gasteiger partial charge in [0.15, 0.2) is 18.1 Å². The number of aliphatic hydroxyl groups is 1. The molecule has 6 nitrogen and oxygen atoms in total. The molecule has 0 atom stereocenters. The van der Waals surface area contributed by atoms with Crippen LogP contribution in [0.5, 0.6) is 11.5 Å². The molecule has 0 bridgehead atoms. The van der Waals surface area contributed by atoms with E-state index in [0.717, 1.165) is 5.56 Å². The minimum absolute atomic E-state index is 0.137. The molecule has 0 fully saturated rings. The summed E-state index contributed by atoms with van der Waals surface area (Å²) in [6, 6.07) is 3.59. The summed E-state index contributed by atoms with van der Waals surface area (Å²) < 4.78 is 10.9. The Balaban J connectivity index is 2.72. The highest BCUT2D eigenvalue weighted by Gasteiger charge is 2.17. The SMILES string of the molecule is COc1cc(CNCCCO)cc(Cl)c1OCC(=O)NC(C)(C)C. The molecule has 3 N–H and O–H groups in total. The van der Waals surface area contributed by atoms with E-state index in [-0.39, 0.29) is 24.7 Å². The third kappa shape index (κ3) is 7.38. The number of aliphatic hydroxyl groups excluding tert-OH is 1. The van der Waals surface area contributed by atoms with Crippen molar-refractivity contribution in [2.45, 2.75) is 39.3 Å². The van der Waals surface area contributed by atoms with Crippen molar-refractivity contribution >= 4 is 17.5 Å². The monoisotopic (exact) mass is 358 g/mol. The molecule has 0 unspecified atom stereocenters. The first-order valence-electron chi connectivity index (χ1n) is 7.88. The number of benzene rings is 1. The zero-order valence-corrected chi connectivity index (χ0v) is 15.5. The van der Waals surface area contributed by atoms with Crippen LogP contribution in [-0.4, -0.2) is 43.4 Å². The quantitative estimate of drug-likeness (QED) is 0.589. The second-order valence-corrected chi connectivity index (χ2v) is 6.86. The number of nitrogens with one attached hydrogen (secondary N) is 2. The topological polar surface area (TPSA) is 79.8 Å². The van der Waals surface area contributed by atoms with Gasteiger partial charge < -0.3 is 25.2 Å². The summed E-state index contributed by atoms with van der Waals surface area (Å²) in [5, 5.41) is 15.2. The van der Waals surface area contributed by atoms with Crippen LogP contribution in [0, 0.1) is 0 Å². The van der Waals surface area contributed by atoms with E-state index in [4.69, 9.17) is 26.2 Å². The molecule has 0 aliphatic carbocycles. The van der Waals surface area contributed by atoms with Crippen LogP contribution < -0.4 is 20.1 Å². The predicted molar refractivity (Wildman–Crippen MR) is 94.8 cm³/mol. The van der Waals surface area contributed by atoms with E-state index in [1.807, 2.05) is 26.8 Å². The Kier molecular flexibility index (Phi) is 8.31. The van der Waals surface area contributed by atoms with Crippen molar-refractivity contribution in [1.29, 1.82) is 0 Å². The summed E-state index contributed by atoms with van der Waals surface area (Å²) in [7, 11) is 1.52. The maximum absolute atomic E-state index is 11.9. The van der Waals surface area contributed by atoms with E-state index in [2.05, 4.69) is 10.6 Å². The molecule has 136 valence electrons. The number of methoxy groups -OCH3 is 1. The second-order valence-electron chi connectivity index (χ2n) is 6.45. The van der Waals surface area contributed by atoms with Crippen LogP contribution in [0.25, 0.3) is 0 Å². The molecule has 7 heteroatoms. The van der Waals surface area contributed by atoms with Crippen LogP contribution >= 0.6 is 11.6 Å². The normalized spacial score (nSPS) is 11.2. The Morgan fingerprint density at radius 2 is 2.04 bits per heavy atom. The second kappa shape index (κ2) is 9.71. The molecule has 0 aliphatic heterocycles. The fourth-order valence-corrected chi connectivity index (χ4v) is 2.33. The average molecular weight is 359 g/mol. The van der Waals surface area contributed by atoms with E-state index < -0.39 is 0 Å². The molecule has 0 radical (unpaired) electrons. The van der Waals surface area contributed by atoms with Gasteiger partial charge in [-0.15, -0.1) is 0 Å². The fraction of sp³-hybridized carbons (Fsp3) is 0.588. The predicted octanol–water partition coefficient (Wildman–Crippen LogP) is 2.11. The molecular formula is C17H27ClN2O4. The van der Waals surface area contributed by atoms with Crippen molar-refractivity contribution in [2.24, 2.45) is 0 Å². The average Bonchev–Trinajstić information content (AvgIpc) is 2.48. The molecule has 0 aliphatic rings. The Morgan fingerprint density at radius 3 is 2.62 bits per heavy atom. The highest BCUT2D eigenvalue weighted by molar-refractivity contribution is 6.32. The Hall–Kier alpha value is -1.50. The van der Waals surface area contributed by atoms with Crippen molar-refractivity contribution in [3.63, 3.8) is 0 Å². The van der Waals surface area contributed by atoms with Crippen LogP contribution in [-0.2, 0) is 11.3 Å². The third-order valence-electron chi connectivity index (χ3n) is 2.99. The smallest absolute Gasteiger partial charge is 0.258 e. The van der Waals surface area contributed by atoms with Crippen LogP contribution in [0.2, 0.25) is 5.02 Å². The Bertz CT molecular complexity index is 544. The maximum atomic E-state index is 11.9. The highest BCUT2D eigenvalue weighted by atomic mass is 35.5. The zero-order valence-electron chi connectivity index (χ0n) is 14.7. The molecular weight excluding hydrogens is 332 g/mol. The van der Waals surface area contributed by atoms with E-state index in [1.165, 1.54) is 7.11 Å². The molecule has 24 heavy (non-hydrogen) atoms. The van der Waals surface area contributed by atoms with Gasteiger partial charge in [-0.1, -0.05) is 11.6 Å². The van der Waals surface area contributed by atoms with Crippen LogP contribution in [0.3, 0.4) is 0 Å². The van der Waals surface area contributed by atoms with Crippen LogP contribution in [0.1, 0.15) is 32.8 Å². The molecule has 1 aromatic rings. The van der Waals surface area contributed by atoms with Gasteiger partial charge in [0.25, 0.3) is 5.91 Å². The zero-order chi connectivity index (χ0) is 18.2. The molecule has 0 heterocycles. The number of rotatable bonds is 9. The molecule has 0 spiro atoms. The lowest BCUT2D eigenvalue weighted by Crippen LogP contribution is -2.43. The summed E-state index contributed by atoms with van der Waals surface area (Å²) in [6.07, 6.45) is 0.689. The minimum atomic E-state index is -0.321.